The molecule has 3 nitrogen and oxygen atoms in total. The summed E-state index contributed by atoms with van der Waals surface area (Å²) >= 11 is 4.46. The second kappa shape index (κ2) is 4.82. The standard InChI is InChI=1S/C11H8I2N2O/c1-7-4-8(5-16)2-3-9(7)15-6-14-10(12)11(15)13/h2-6H,1H3. The van der Waals surface area contributed by atoms with Gasteiger partial charge in [-0.15, -0.1) is 0 Å². The summed E-state index contributed by atoms with van der Waals surface area (Å²) in [6, 6.07) is 5.64. The fraction of sp³-hybridized carbons (Fsp3) is 0.0909. The van der Waals surface area contributed by atoms with Gasteiger partial charge in [0.1, 0.15) is 20.0 Å². The van der Waals surface area contributed by atoms with Gasteiger partial charge in [0.2, 0.25) is 0 Å². The average molecular weight is 438 g/mol. The molecule has 0 atom stereocenters. The van der Waals surface area contributed by atoms with Crippen molar-refractivity contribution in [1.82, 2.24) is 9.55 Å². The van der Waals surface area contributed by atoms with Crippen molar-refractivity contribution in [3.05, 3.63) is 43.1 Å². The van der Waals surface area contributed by atoms with Crippen molar-refractivity contribution in [3.8, 4) is 5.69 Å². The number of imidazole rings is 1. The Balaban J connectivity index is 2.56. The number of hydrogen-bond acceptors (Lipinski definition) is 2. The maximum absolute atomic E-state index is 10.7. The van der Waals surface area contributed by atoms with Gasteiger partial charge in [0, 0.05) is 5.56 Å². The predicted octanol–water partition coefficient (Wildman–Crippen LogP) is 3.20. The molecule has 16 heavy (non-hydrogen) atoms. The summed E-state index contributed by atoms with van der Waals surface area (Å²) in [6.45, 7) is 1.99. The van der Waals surface area contributed by atoms with Crippen LogP contribution in [0.25, 0.3) is 5.69 Å². The van der Waals surface area contributed by atoms with Gasteiger partial charge >= 0.3 is 0 Å². The molecule has 2 rings (SSSR count). The minimum atomic E-state index is 0.700. The van der Waals surface area contributed by atoms with E-state index in [9.17, 15) is 4.79 Å². The van der Waals surface area contributed by atoms with Crippen molar-refractivity contribution in [3.63, 3.8) is 0 Å². The summed E-state index contributed by atoms with van der Waals surface area (Å²) in [5.74, 6) is 0. The fourth-order valence-corrected chi connectivity index (χ4v) is 2.41. The number of rotatable bonds is 2. The first-order valence-electron chi connectivity index (χ1n) is 4.58. The normalized spacial score (nSPS) is 10.4. The molecule has 0 radical (unpaired) electrons. The fourth-order valence-electron chi connectivity index (χ4n) is 1.50. The molecule has 82 valence electrons. The van der Waals surface area contributed by atoms with Crippen LogP contribution in [-0.2, 0) is 0 Å². The maximum atomic E-state index is 10.7. The van der Waals surface area contributed by atoms with Crippen LogP contribution in [0.5, 0.6) is 0 Å². The molecule has 0 aliphatic rings. The molecule has 0 bridgehead atoms. The molecule has 0 spiro atoms. The van der Waals surface area contributed by atoms with Gasteiger partial charge in [-0.2, -0.15) is 0 Å². The first-order chi connectivity index (χ1) is 7.63. The van der Waals surface area contributed by atoms with Crippen LogP contribution in [0.2, 0.25) is 0 Å². The van der Waals surface area contributed by atoms with Crippen LogP contribution in [0.4, 0.5) is 0 Å². The van der Waals surface area contributed by atoms with Gasteiger partial charge in [-0.05, 0) is 75.9 Å². The van der Waals surface area contributed by atoms with Crippen molar-refractivity contribution in [2.45, 2.75) is 6.92 Å². The monoisotopic (exact) mass is 438 g/mol. The van der Waals surface area contributed by atoms with Gasteiger partial charge in [0.25, 0.3) is 0 Å². The lowest BCUT2D eigenvalue weighted by molar-refractivity contribution is 0.112. The van der Waals surface area contributed by atoms with E-state index in [1.807, 2.05) is 29.7 Å². The molecule has 0 amide bonds. The third kappa shape index (κ3) is 2.15. The van der Waals surface area contributed by atoms with Gasteiger partial charge in [-0.1, -0.05) is 0 Å². The molecule has 0 saturated heterocycles. The second-order valence-corrected chi connectivity index (χ2v) is 5.40. The van der Waals surface area contributed by atoms with Gasteiger partial charge in [0.15, 0.2) is 0 Å². The summed E-state index contributed by atoms with van der Waals surface area (Å²) in [7, 11) is 0. The van der Waals surface area contributed by atoms with Gasteiger partial charge in [0.05, 0.1) is 5.69 Å². The van der Waals surface area contributed by atoms with Crippen molar-refractivity contribution in [1.29, 1.82) is 0 Å². The zero-order valence-electron chi connectivity index (χ0n) is 8.45. The van der Waals surface area contributed by atoms with E-state index in [2.05, 4.69) is 50.2 Å². The Labute approximate surface area is 121 Å². The molecule has 0 N–H and O–H groups in total. The van der Waals surface area contributed by atoms with E-state index in [1.165, 1.54) is 0 Å². The van der Waals surface area contributed by atoms with Crippen LogP contribution < -0.4 is 0 Å². The Hall–Kier alpha value is -0.440. The van der Waals surface area contributed by atoms with Crippen LogP contribution in [0.3, 0.4) is 0 Å². The topological polar surface area (TPSA) is 34.9 Å². The molecule has 2 aromatic rings. The molecule has 0 unspecified atom stereocenters. The van der Waals surface area contributed by atoms with Gasteiger partial charge in [-0.25, -0.2) is 4.98 Å². The minimum Gasteiger partial charge on any atom is -0.298 e. The minimum absolute atomic E-state index is 0.700. The van der Waals surface area contributed by atoms with Crippen LogP contribution in [0.15, 0.2) is 24.5 Å². The van der Waals surface area contributed by atoms with E-state index in [-0.39, 0.29) is 0 Å². The van der Waals surface area contributed by atoms with Crippen molar-refractivity contribution in [2.75, 3.05) is 0 Å². The summed E-state index contributed by atoms with van der Waals surface area (Å²) < 4.78 is 4.09. The molecular formula is C11H8I2N2O. The van der Waals surface area contributed by atoms with E-state index < -0.39 is 0 Å². The summed E-state index contributed by atoms with van der Waals surface area (Å²) in [5, 5.41) is 0. The lowest BCUT2D eigenvalue weighted by Gasteiger charge is -2.08. The van der Waals surface area contributed by atoms with E-state index >= 15 is 0 Å². The Morgan fingerprint density at radius 2 is 2.12 bits per heavy atom. The molecule has 0 saturated carbocycles. The number of halogens is 2. The predicted molar refractivity (Wildman–Crippen MR) is 79.1 cm³/mol. The lowest BCUT2D eigenvalue weighted by Crippen LogP contribution is -1.99. The molecular weight excluding hydrogens is 430 g/mol. The van der Waals surface area contributed by atoms with Crippen molar-refractivity contribution < 1.29 is 4.79 Å². The highest BCUT2D eigenvalue weighted by atomic mass is 127. The molecule has 1 aromatic heterocycles. The second-order valence-electron chi connectivity index (χ2n) is 3.36. The molecule has 0 aliphatic heterocycles. The number of aryl methyl sites for hydroxylation is 1. The first kappa shape index (κ1) is 12.0. The Bertz CT molecular complexity index is 549. The molecule has 1 heterocycles. The third-order valence-electron chi connectivity index (χ3n) is 2.28. The number of carbonyl (C=O) groups excluding carboxylic acids is 1. The Morgan fingerprint density at radius 3 is 2.62 bits per heavy atom. The van der Waals surface area contributed by atoms with Gasteiger partial charge in [-0.3, -0.25) is 9.36 Å². The van der Waals surface area contributed by atoms with Crippen molar-refractivity contribution >= 4 is 51.5 Å². The Kier molecular flexibility index (Phi) is 3.63. The number of aromatic nitrogens is 2. The van der Waals surface area contributed by atoms with E-state index in [0.717, 1.165) is 24.9 Å². The van der Waals surface area contributed by atoms with E-state index in [1.54, 1.807) is 6.33 Å². The summed E-state index contributed by atoms with van der Waals surface area (Å²) in [4.78, 5) is 14.9. The van der Waals surface area contributed by atoms with Crippen LogP contribution in [0, 0.1) is 14.3 Å². The SMILES string of the molecule is Cc1cc(C=O)ccc1-n1cnc(I)c1I. The van der Waals surface area contributed by atoms with Gasteiger partial charge < -0.3 is 0 Å². The molecule has 1 aromatic carbocycles. The number of aldehydes is 1. The zero-order valence-corrected chi connectivity index (χ0v) is 12.8. The highest BCUT2D eigenvalue weighted by Crippen LogP contribution is 2.21. The number of hydrogen-bond donors (Lipinski definition) is 0. The number of carbonyl (C=O) groups is 1. The molecule has 0 fully saturated rings. The lowest BCUT2D eigenvalue weighted by atomic mass is 10.1. The Morgan fingerprint density at radius 1 is 1.38 bits per heavy atom. The third-order valence-corrected chi connectivity index (χ3v) is 5.14. The molecule has 5 heteroatoms. The summed E-state index contributed by atoms with van der Waals surface area (Å²) in [5.41, 5.74) is 2.83. The maximum Gasteiger partial charge on any atom is 0.150 e. The van der Waals surface area contributed by atoms with Crippen LogP contribution in [-0.4, -0.2) is 15.8 Å². The smallest absolute Gasteiger partial charge is 0.150 e. The quantitative estimate of drug-likeness (QED) is 0.534. The molecule has 0 aliphatic carbocycles. The highest BCUT2D eigenvalue weighted by Gasteiger charge is 2.09. The van der Waals surface area contributed by atoms with E-state index in [4.69, 9.17) is 0 Å². The van der Waals surface area contributed by atoms with Crippen molar-refractivity contribution in [2.24, 2.45) is 0 Å². The van der Waals surface area contributed by atoms with Crippen LogP contribution in [0.1, 0.15) is 15.9 Å². The highest BCUT2D eigenvalue weighted by molar-refractivity contribution is 14.1. The number of benzene rings is 1. The zero-order chi connectivity index (χ0) is 11.7. The largest absolute Gasteiger partial charge is 0.298 e. The average Bonchev–Trinajstić information content (AvgIpc) is 2.60. The first-order valence-corrected chi connectivity index (χ1v) is 6.74. The van der Waals surface area contributed by atoms with E-state index in [0.29, 0.717) is 5.56 Å². The number of nitrogens with zero attached hydrogens (tertiary/aromatic N) is 2. The van der Waals surface area contributed by atoms with Crippen LogP contribution >= 0.6 is 45.2 Å². The summed E-state index contributed by atoms with van der Waals surface area (Å²) in [6.07, 6.45) is 2.66.